The summed E-state index contributed by atoms with van der Waals surface area (Å²) in [4.78, 5) is 23.5. The van der Waals surface area contributed by atoms with E-state index in [0.29, 0.717) is 16.3 Å². The molecule has 2 aromatic rings. The number of benzene rings is 2. The Morgan fingerprint density at radius 3 is 2.14 bits per heavy atom. The minimum Gasteiger partial charge on any atom is -0.465 e. The molecule has 1 atom stereocenters. The monoisotopic (exact) mass is 318 g/mol. The van der Waals surface area contributed by atoms with Gasteiger partial charge < -0.3 is 9.47 Å². The average molecular weight is 319 g/mol. The third kappa shape index (κ3) is 3.86. The molecule has 4 nitrogen and oxygen atoms in total. The first-order valence-electron chi connectivity index (χ1n) is 6.67. The lowest BCUT2D eigenvalue weighted by atomic mass is 10.00. The van der Waals surface area contributed by atoms with Crippen molar-refractivity contribution in [1.82, 2.24) is 0 Å². The quantitative estimate of drug-likeness (QED) is 0.635. The highest BCUT2D eigenvalue weighted by Gasteiger charge is 2.18. The van der Waals surface area contributed by atoms with Crippen LogP contribution in [0.3, 0.4) is 0 Å². The largest absolute Gasteiger partial charge is 0.465 e. The predicted molar refractivity (Wildman–Crippen MR) is 83.3 cm³/mol. The number of esters is 2. The van der Waals surface area contributed by atoms with Crippen LogP contribution in [-0.2, 0) is 9.53 Å². The molecule has 0 N–H and O–H groups in total. The van der Waals surface area contributed by atoms with Crippen molar-refractivity contribution in [3.8, 4) is 5.75 Å². The van der Waals surface area contributed by atoms with Crippen molar-refractivity contribution >= 4 is 23.5 Å². The van der Waals surface area contributed by atoms with Gasteiger partial charge in [0, 0.05) is 5.02 Å². The lowest BCUT2D eigenvalue weighted by Gasteiger charge is -2.12. The van der Waals surface area contributed by atoms with Crippen LogP contribution in [0.1, 0.15) is 28.8 Å². The third-order valence-corrected chi connectivity index (χ3v) is 3.47. The van der Waals surface area contributed by atoms with Gasteiger partial charge in [-0.1, -0.05) is 23.7 Å². The fraction of sp³-hybridized carbons (Fsp3) is 0.176. The van der Waals surface area contributed by atoms with E-state index in [1.54, 1.807) is 55.5 Å². The summed E-state index contributed by atoms with van der Waals surface area (Å²) in [6.45, 7) is 1.74. The van der Waals surface area contributed by atoms with Crippen molar-refractivity contribution < 1.29 is 19.1 Å². The number of ether oxygens (including phenoxy) is 2. The van der Waals surface area contributed by atoms with E-state index in [1.165, 1.54) is 7.11 Å². The topological polar surface area (TPSA) is 52.6 Å². The van der Waals surface area contributed by atoms with Crippen molar-refractivity contribution in [2.45, 2.75) is 12.8 Å². The summed E-state index contributed by atoms with van der Waals surface area (Å²) in [7, 11) is 1.32. The van der Waals surface area contributed by atoms with Crippen LogP contribution in [-0.4, -0.2) is 19.0 Å². The maximum Gasteiger partial charge on any atom is 0.337 e. The fourth-order valence-electron chi connectivity index (χ4n) is 1.87. The summed E-state index contributed by atoms with van der Waals surface area (Å²) in [6.07, 6.45) is 0. The highest BCUT2D eigenvalue weighted by atomic mass is 35.5. The zero-order valence-electron chi connectivity index (χ0n) is 12.2. The Morgan fingerprint density at radius 2 is 1.59 bits per heavy atom. The highest BCUT2D eigenvalue weighted by Crippen LogP contribution is 2.21. The van der Waals surface area contributed by atoms with Crippen molar-refractivity contribution in [3.63, 3.8) is 0 Å². The molecule has 114 valence electrons. The van der Waals surface area contributed by atoms with E-state index in [1.807, 2.05) is 0 Å². The Morgan fingerprint density at radius 1 is 1.00 bits per heavy atom. The molecule has 0 heterocycles. The van der Waals surface area contributed by atoms with Crippen LogP contribution in [0, 0.1) is 0 Å². The van der Waals surface area contributed by atoms with Gasteiger partial charge in [0.25, 0.3) is 0 Å². The smallest absolute Gasteiger partial charge is 0.337 e. The number of methoxy groups -OCH3 is 1. The Hall–Kier alpha value is -2.33. The Labute approximate surface area is 133 Å². The number of hydrogen-bond donors (Lipinski definition) is 0. The molecule has 0 aliphatic heterocycles. The molecule has 0 aliphatic carbocycles. The van der Waals surface area contributed by atoms with E-state index in [4.69, 9.17) is 16.3 Å². The van der Waals surface area contributed by atoms with E-state index in [9.17, 15) is 9.59 Å². The fourth-order valence-corrected chi connectivity index (χ4v) is 1.99. The van der Waals surface area contributed by atoms with Crippen molar-refractivity contribution in [2.75, 3.05) is 7.11 Å². The van der Waals surface area contributed by atoms with Gasteiger partial charge in [0.05, 0.1) is 18.6 Å². The van der Waals surface area contributed by atoms with Crippen molar-refractivity contribution in [1.29, 1.82) is 0 Å². The van der Waals surface area contributed by atoms with Gasteiger partial charge in [0.15, 0.2) is 0 Å². The molecule has 0 spiro atoms. The minimum absolute atomic E-state index is 0.381. The van der Waals surface area contributed by atoms with Gasteiger partial charge in [0.1, 0.15) is 5.75 Å². The van der Waals surface area contributed by atoms with Gasteiger partial charge in [-0.3, -0.25) is 4.79 Å². The Kier molecular flexibility index (Phi) is 5.17. The SMILES string of the molecule is COC(=O)c1ccc(C(C)C(=O)Oc2ccc(Cl)cc2)cc1. The lowest BCUT2D eigenvalue weighted by molar-refractivity contribution is -0.135. The van der Waals surface area contributed by atoms with Crippen LogP contribution in [0.5, 0.6) is 5.75 Å². The predicted octanol–water partition coefficient (Wildman–Crippen LogP) is 3.84. The molecule has 0 aliphatic rings. The van der Waals surface area contributed by atoms with Crippen molar-refractivity contribution in [3.05, 3.63) is 64.7 Å². The van der Waals surface area contributed by atoms with Crippen LogP contribution in [0.15, 0.2) is 48.5 Å². The number of carbonyl (C=O) groups excluding carboxylic acids is 2. The van der Waals surface area contributed by atoms with Gasteiger partial charge in [-0.25, -0.2) is 4.79 Å². The van der Waals surface area contributed by atoms with Gasteiger partial charge in [-0.15, -0.1) is 0 Å². The second-order valence-corrected chi connectivity index (χ2v) is 5.15. The number of halogens is 1. The molecule has 22 heavy (non-hydrogen) atoms. The van der Waals surface area contributed by atoms with Crippen LogP contribution in [0.25, 0.3) is 0 Å². The zero-order valence-corrected chi connectivity index (χ0v) is 13.0. The number of rotatable bonds is 4. The summed E-state index contributed by atoms with van der Waals surface area (Å²) in [5.41, 5.74) is 1.19. The molecular formula is C17H15ClO4. The normalized spacial score (nSPS) is 11.6. The summed E-state index contributed by atoms with van der Waals surface area (Å²) in [6, 6.07) is 13.2. The zero-order chi connectivity index (χ0) is 16.1. The second kappa shape index (κ2) is 7.09. The number of carbonyl (C=O) groups is 2. The molecule has 2 aromatic carbocycles. The molecule has 0 amide bonds. The molecule has 0 saturated carbocycles. The van der Waals surface area contributed by atoms with Crippen LogP contribution < -0.4 is 4.74 Å². The molecule has 0 radical (unpaired) electrons. The average Bonchev–Trinajstić information content (AvgIpc) is 2.55. The van der Waals surface area contributed by atoms with Gasteiger partial charge >= 0.3 is 11.9 Å². The van der Waals surface area contributed by atoms with E-state index < -0.39 is 11.9 Å². The molecule has 1 unspecified atom stereocenters. The molecular weight excluding hydrogens is 304 g/mol. The van der Waals surface area contributed by atoms with Crippen LogP contribution in [0.4, 0.5) is 0 Å². The first-order chi connectivity index (χ1) is 10.5. The van der Waals surface area contributed by atoms with E-state index >= 15 is 0 Å². The Balaban J connectivity index is 2.06. The summed E-state index contributed by atoms with van der Waals surface area (Å²) < 4.78 is 9.93. The first-order valence-corrected chi connectivity index (χ1v) is 7.04. The first kappa shape index (κ1) is 16.0. The molecule has 0 aromatic heterocycles. The molecule has 5 heteroatoms. The summed E-state index contributed by atoms with van der Waals surface area (Å²) in [5, 5.41) is 0.575. The highest BCUT2D eigenvalue weighted by molar-refractivity contribution is 6.30. The Bertz CT molecular complexity index is 662. The van der Waals surface area contributed by atoms with Gasteiger partial charge in [0.2, 0.25) is 0 Å². The molecule has 2 rings (SSSR count). The third-order valence-electron chi connectivity index (χ3n) is 3.22. The maximum atomic E-state index is 12.1. The lowest BCUT2D eigenvalue weighted by Crippen LogP contribution is -2.16. The second-order valence-electron chi connectivity index (χ2n) is 4.71. The molecule has 0 saturated heterocycles. The van der Waals surface area contributed by atoms with E-state index in [0.717, 1.165) is 5.56 Å². The maximum absolute atomic E-state index is 12.1. The van der Waals surface area contributed by atoms with Crippen LogP contribution in [0.2, 0.25) is 5.02 Å². The van der Waals surface area contributed by atoms with Crippen LogP contribution >= 0.6 is 11.6 Å². The van der Waals surface area contributed by atoms with Crippen molar-refractivity contribution in [2.24, 2.45) is 0 Å². The molecule has 0 bridgehead atoms. The van der Waals surface area contributed by atoms with Gasteiger partial charge in [-0.05, 0) is 48.9 Å². The number of hydrogen-bond acceptors (Lipinski definition) is 4. The van der Waals surface area contributed by atoms with E-state index in [-0.39, 0.29) is 5.97 Å². The van der Waals surface area contributed by atoms with Gasteiger partial charge in [-0.2, -0.15) is 0 Å². The summed E-state index contributed by atoms with van der Waals surface area (Å²) in [5.74, 6) is -0.814. The summed E-state index contributed by atoms with van der Waals surface area (Å²) >= 11 is 5.78. The standard InChI is InChI=1S/C17H15ClO4/c1-11(12-3-5-13(6-4-12)17(20)21-2)16(19)22-15-9-7-14(18)8-10-15/h3-11H,1-2H3. The minimum atomic E-state index is -0.456. The van der Waals surface area contributed by atoms with E-state index in [2.05, 4.69) is 4.74 Å². The molecule has 0 fully saturated rings.